The van der Waals surface area contributed by atoms with E-state index in [0.29, 0.717) is 29.6 Å². The topological polar surface area (TPSA) is 0 Å². The van der Waals surface area contributed by atoms with Crippen LogP contribution in [0, 0.1) is 29.6 Å². The molecule has 1 heteroatoms. The predicted molar refractivity (Wildman–Crippen MR) is 201 cm³/mol. The Hall–Kier alpha value is -3.29. The fraction of sp³-hybridized carbons (Fsp3) is 0.391. The first kappa shape index (κ1) is 28.7. The highest BCUT2D eigenvalue weighted by Gasteiger charge is 2.47. The van der Waals surface area contributed by atoms with Crippen molar-refractivity contribution in [2.45, 2.75) is 83.5 Å². The monoisotopic (exact) mass is 630 g/mol. The molecule has 5 atom stereocenters. The van der Waals surface area contributed by atoms with Gasteiger partial charge in [0.05, 0.1) is 0 Å². The smallest absolute Gasteiger partial charge is 0.0166 e. The molecule has 0 N–H and O–H groups in total. The Balaban J connectivity index is 1.03. The highest BCUT2D eigenvalue weighted by molar-refractivity contribution is 8.07. The van der Waals surface area contributed by atoms with Crippen LogP contribution in [0.2, 0.25) is 0 Å². The van der Waals surface area contributed by atoms with E-state index in [2.05, 4.69) is 103 Å². The summed E-state index contributed by atoms with van der Waals surface area (Å²) in [5.41, 5.74) is 15.1. The normalized spacial score (nSPS) is 31.4. The maximum absolute atomic E-state index is 2.62. The van der Waals surface area contributed by atoms with Crippen LogP contribution in [0.25, 0.3) is 16.3 Å². The van der Waals surface area contributed by atoms with Crippen LogP contribution in [0.5, 0.6) is 0 Å². The molecule has 8 aliphatic rings. The van der Waals surface area contributed by atoms with Crippen LogP contribution < -0.4 is 0 Å². The predicted octanol–water partition coefficient (Wildman–Crippen LogP) is 12.9. The maximum atomic E-state index is 2.62. The van der Waals surface area contributed by atoms with E-state index < -0.39 is 0 Å². The summed E-state index contributed by atoms with van der Waals surface area (Å²) in [7, 11) is 0. The lowest BCUT2D eigenvalue weighted by molar-refractivity contribution is 0.198. The molecule has 2 aromatic rings. The molecular formula is C46H46S. The van der Waals surface area contributed by atoms with Crippen molar-refractivity contribution in [3.05, 3.63) is 145 Å². The zero-order valence-corrected chi connectivity index (χ0v) is 28.5. The molecule has 0 fully saturated rings. The Bertz CT molecular complexity index is 1950. The zero-order valence-electron chi connectivity index (χ0n) is 27.6. The number of rotatable bonds is 3. The number of thioether (sulfide) groups is 1. The van der Waals surface area contributed by atoms with Crippen LogP contribution in [-0.4, -0.2) is 0 Å². The number of hydrogen-bond acceptors (Lipinski definition) is 1. The molecule has 7 aliphatic carbocycles. The van der Waals surface area contributed by atoms with Gasteiger partial charge in [-0.25, -0.2) is 0 Å². The summed E-state index contributed by atoms with van der Waals surface area (Å²) in [6.45, 7) is 0. The third-order valence-electron chi connectivity index (χ3n) is 13.1. The molecule has 0 saturated heterocycles. The minimum absolute atomic E-state index is 0.588. The minimum Gasteiger partial charge on any atom is -0.0977 e. The molecule has 0 aromatic heterocycles. The first-order valence-corrected chi connectivity index (χ1v) is 19.6. The second kappa shape index (κ2) is 11.7. The van der Waals surface area contributed by atoms with Gasteiger partial charge in [-0.3, -0.25) is 0 Å². The van der Waals surface area contributed by atoms with Crippen molar-refractivity contribution in [2.24, 2.45) is 29.6 Å². The lowest BCUT2D eigenvalue weighted by Crippen LogP contribution is -2.38. The summed E-state index contributed by atoms with van der Waals surface area (Å²) in [6, 6.07) is 15.7. The second-order valence-electron chi connectivity index (χ2n) is 15.3. The van der Waals surface area contributed by atoms with Crippen LogP contribution in [0.15, 0.2) is 140 Å². The van der Waals surface area contributed by atoms with Crippen LogP contribution >= 0.6 is 11.8 Å². The van der Waals surface area contributed by atoms with Crippen molar-refractivity contribution in [3.8, 4) is 0 Å². The van der Waals surface area contributed by atoms with E-state index in [-0.39, 0.29) is 0 Å². The van der Waals surface area contributed by atoms with Crippen molar-refractivity contribution in [1.29, 1.82) is 0 Å². The first-order valence-electron chi connectivity index (χ1n) is 18.8. The van der Waals surface area contributed by atoms with Crippen molar-refractivity contribution >= 4 is 28.1 Å². The molecular weight excluding hydrogens is 585 g/mol. The Morgan fingerprint density at radius 1 is 0.745 bits per heavy atom. The van der Waals surface area contributed by atoms with Crippen LogP contribution in [0.4, 0.5) is 0 Å². The Morgan fingerprint density at radius 2 is 1.66 bits per heavy atom. The second-order valence-corrected chi connectivity index (χ2v) is 16.5. The van der Waals surface area contributed by atoms with Gasteiger partial charge in [0.2, 0.25) is 0 Å². The van der Waals surface area contributed by atoms with E-state index >= 15 is 0 Å². The number of hydrogen-bond donors (Lipinski definition) is 0. The molecule has 0 spiro atoms. The van der Waals surface area contributed by atoms with E-state index in [9.17, 15) is 0 Å². The quantitative estimate of drug-likeness (QED) is 0.325. The summed E-state index contributed by atoms with van der Waals surface area (Å²) in [4.78, 5) is 3.53. The van der Waals surface area contributed by atoms with Gasteiger partial charge in [0, 0.05) is 10.8 Å². The Kier molecular flexibility index (Phi) is 7.14. The largest absolute Gasteiger partial charge is 0.0977 e. The summed E-state index contributed by atoms with van der Waals surface area (Å²) in [5.74, 6) is 3.20. The molecule has 0 amide bonds. The maximum Gasteiger partial charge on any atom is 0.0166 e. The number of benzene rings is 2. The van der Waals surface area contributed by atoms with Crippen LogP contribution in [0.3, 0.4) is 0 Å². The van der Waals surface area contributed by atoms with E-state index in [1.54, 1.807) is 32.1 Å². The average Bonchev–Trinajstić information content (AvgIpc) is 3.54. The van der Waals surface area contributed by atoms with Gasteiger partial charge in [-0.2, -0.15) is 0 Å². The molecule has 0 radical (unpaired) electrons. The molecule has 10 rings (SSSR count). The minimum atomic E-state index is 0.588. The summed E-state index contributed by atoms with van der Waals surface area (Å²) < 4.78 is 0. The first-order chi connectivity index (χ1) is 23.3. The fourth-order valence-electron chi connectivity index (χ4n) is 11.1. The molecule has 0 nitrogen and oxygen atoms in total. The van der Waals surface area contributed by atoms with Gasteiger partial charge in [0.1, 0.15) is 0 Å². The van der Waals surface area contributed by atoms with E-state index in [1.807, 2.05) is 16.7 Å². The van der Waals surface area contributed by atoms with E-state index in [4.69, 9.17) is 0 Å². The van der Waals surface area contributed by atoms with Crippen LogP contribution in [-0.2, 0) is 0 Å². The van der Waals surface area contributed by atoms with Crippen molar-refractivity contribution in [2.75, 3.05) is 0 Å². The fourth-order valence-corrected chi connectivity index (χ4v) is 12.6. The SMILES string of the molecule is C1=CCC2C(=C1)C(C1=C3SC4=C(C5=C(CCCC5)CC4)C3CCC1)=C1C=CCCC1C2C1C=CC(c2cccc3ccccc23)=CC1. The third kappa shape index (κ3) is 4.63. The van der Waals surface area contributed by atoms with Gasteiger partial charge in [0.25, 0.3) is 0 Å². The summed E-state index contributed by atoms with van der Waals surface area (Å²) in [6.07, 6.45) is 37.2. The Morgan fingerprint density at radius 3 is 2.62 bits per heavy atom. The molecule has 0 saturated carbocycles. The van der Waals surface area contributed by atoms with Gasteiger partial charge < -0.3 is 0 Å². The summed E-state index contributed by atoms with van der Waals surface area (Å²) >= 11 is 2.25. The molecule has 236 valence electrons. The molecule has 5 unspecified atom stereocenters. The van der Waals surface area contributed by atoms with Gasteiger partial charge in [-0.15, -0.1) is 0 Å². The van der Waals surface area contributed by atoms with E-state index in [0.717, 1.165) is 6.42 Å². The lowest BCUT2D eigenvalue weighted by Gasteiger charge is -2.48. The van der Waals surface area contributed by atoms with Gasteiger partial charge >= 0.3 is 0 Å². The zero-order chi connectivity index (χ0) is 30.9. The molecule has 0 bridgehead atoms. The molecule has 2 aromatic carbocycles. The molecule has 1 heterocycles. The van der Waals surface area contributed by atoms with Gasteiger partial charge in [-0.05, 0) is 167 Å². The summed E-state index contributed by atoms with van der Waals surface area (Å²) in [5, 5.41) is 2.70. The van der Waals surface area contributed by atoms with Gasteiger partial charge in [-0.1, -0.05) is 108 Å². The van der Waals surface area contributed by atoms with Crippen molar-refractivity contribution in [3.63, 3.8) is 0 Å². The molecule has 47 heavy (non-hydrogen) atoms. The van der Waals surface area contributed by atoms with Crippen molar-refractivity contribution < 1.29 is 0 Å². The van der Waals surface area contributed by atoms with E-state index in [1.165, 1.54) is 99.0 Å². The number of fused-ring (bicyclic) bond motifs is 6. The lowest BCUT2D eigenvalue weighted by atomic mass is 9.56. The van der Waals surface area contributed by atoms with Crippen molar-refractivity contribution in [1.82, 2.24) is 0 Å². The number of allylic oxidation sites excluding steroid dienone is 18. The highest BCUT2D eigenvalue weighted by atomic mass is 32.2. The highest BCUT2D eigenvalue weighted by Crippen LogP contribution is 2.62. The van der Waals surface area contributed by atoms with Crippen LogP contribution in [0.1, 0.15) is 89.0 Å². The standard InChI is InChI=1S/C46H46S/c1-3-14-33-29(11-1)13-9-20-34(33)31-23-25-32(26-24-31)43-36-16-5-7-18-38(36)44(39-19-8-6-17-37(39)43)40-21-10-22-41-45-35-15-4-2-12-30(35)27-28-42(45)47-46(40)41/h1,3,5,7-9,11,13-14,18-20,23-25,32,36-37,41,43H,2,4,6,10,12,15-17,21-22,26-28H2. The Labute approximate surface area is 285 Å². The van der Waals surface area contributed by atoms with Gasteiger partial charge in [0.15, 0.2) is 0 Å². The molecule has 1 aliphatic heterocycles. The average molecular weight is 631 g/mol. The third-order valence-corrected chi connectivity index (χ3v) is 14.5.